The van der Waals surface area contributed by atoms with Crippen LogP contribution in [-0.2, 0) is 19.1 Å². The summed E-state index contributed by atoms with van der Waals surface area (Å²) in [6.07, 6.45) is 2.36. The Labute approximate surface area is 159 Å². The van der Waals surface area contributed by atoms with Crippen LogP contribution in [-0.4, -0.2) is 26.2 Å². The van der Waals surface area contributed by atoms with E-state index in [-0.39, 0.29) is 5.92 Å². The van der Waals surface area contributed by atoms with Crippen molar-refractivity contribution in [2.45, 2.75) is 19.3 Å². The summed E-state index contributed by atoms with van der Waals surface area (Å²) >= 11 is 0. The highest BCUT2D eigenvalue weighted by atomic mass is 16.5. The maximum Gasteiger partial charge on any atom is 0.324 e. The molecule has 0 bridgehead atoms. The van der Waals surface area contributed by atoms with Gasteiger partial charge in [0, 0.05) is 5.92 Å². The second-order valence-electron chi connectivity index (χ2n) is 6.94. The molecule has 2 aromatic carbocycles. The SMILES string of the molecule is COC(=O)C1(C(=O)OC)C[C@H](C)C(c2ccccc2)=C[C@H]1c1ccccc1. The van der Waals surface area contributed by atoms with Crippen molar-refractivity contribution >= 4 is 17.5 Å². The zero-order valence-corrected chi connectivity index (χ0v) is 15.8. The van der Waals surface area contributed by atoms with Crippen molar-refractivity contribution in [1.29, 1.82) is 0 Å². The molecule has 0 aliphatic heterocycles. The molecule has 0 saturated heterocycles. The van der Waals surface area contributed by atoms with Crippen LogP contribution in [0.15, 0.2) is 66.7 Å². The summed E-state index contributed by atoms with van der Waals surface area (Å²) in [5.41, 5.74) is 1.69. The van der Waals surface area contributed by atoms with Crippen molar-refractivity contribution in [3.05, 3.63) is 77.9 Å². The van der Waals surface area contributed by atoms with Crippen LogP contribution in [0.25, 0.3) is 5.57 Å². The van der Waals surface area contributed by atoms with Gasteiger partial charge in [0.05, 0.1) is 14.2 Å². The van der Waals surface area contributed by atoms with Crippen molar-refractivity contribution in [1.82, 2.24) is 0 Å². The summed E-state index contributed by atoms with van der Waals surface area (Å²) in [4.78, 5) is 25.8. The van der Waals surface area contributed by atoms with Gasteiger partial charge in [-0.2, -0.15) is 0 Å². The molecule has 27 heavy (non-hydrogen) atoms. The predicted octanol–water partition coefficient (Wildman–Crippen LogP) is 4.23. The Morgan fingerprint density at radius 1 is 0.889 bits per heavy atom. The zero-order chi connectivity index (χ0) is 19.4. The lowest BCUT2D eigenvalue weighted by atomic mass is 9.61. The molecule has 1 aliphatic carbocycles. The maximum absolute atomic E-state index is 12.9. The molecule has 0 saturated carbocycles. The molecule has 0 amide bonds. The maximum atomic E-state index is 12.9. The first kappa shape index (κ1) is 18.9. The fourth-order valence-electron chi connectivity index (χ4n) is 4.13. The quantitative estimate of drug-likeness (QED) is 0.602. The third-order valence-electron chi connectivity index (χ3n) is 5.40. The van der Waals surface area contributed by atoms with Gasteiger partial charge >= 0.3 is 11.9 Å². The molecule has 0 N–H and O–H groups in total. The molecule has 3 rings (SSSR count). The van der Waals surface area contributed by atoms with E-state index in [0.717, 1.165) is 16.7 Å². The minimum atomic E-state index is -1.40. The molecule has 0 spiro atoms. The summed E-state index contributed by atoms with van der Waals surface area (Å²) in [6, 6.07) is 19.6. The molecular weight excluding hydrogens is 340 g/mol. The van der Waals surface area contributed by atoms with Gasteiger partial charge in [-0.05, 0) is 29.0 Å². The summed E-state index contributed by atoms with van der Waals surface area (Å²) in [5, 5.41) is 0. The molecular formula is C23H24O4. The van der Waals surface area contributed by atoms with Crippen LogP contribution < -0.4 is 0 Å². The van der Waals surface area contributed by atoms with E-state index in [2.05, 4.69) is 0 Å². The third-order valence-corrected chi connectivity index (χ3v) is 5.40. The van der Waals surface area contributed by atoms with E-state index in [0.29, 0.717) is 6.42 Å². The number of carbonyl (C=O) groups is 2. The molecule has 0 radical (unpaired) electrons. The Balaban J connectivity index is 2.24. The van der Waals surface area contributed by atoms with Gasteiger partial charge in [0.2, 0.25) is 0 Å². The summed E-state index contributed by atoms with van der Waals surface area (Å²) in [6.45, 7) is 2.03. The molecule has 0 heterocycles. The van der Waals surface area contributed by atoms with Gasteiger partial charge in [-0.3, -0.25) is 9.59 Å². The molecule has 4 nitrogen and oxygen atoms in total. The molecule has 140 valence electrons. The summed E-state index contributed by atoms with van der Waals surface area (Å²) in [7, 11) is 2.63. The molecule has 4 heteroatoms. The molecule has 0 unspecified atom stereocenters. The van der Waals surface area contributed by atoms with Crippen molar-refractivity contribution in [2.75, 3.05) is 14.2 Å². The predicted molar refractivity (Wildman–Crippen MR) is 104 cm³/mol. The van der Waals surface area contributed by atoms with E-state index >= 15 is 0 Å². The smallest absolute Gasteiger partial charge is 0.324 e. The minimum absolute atomic E-state index is 0.00874. The van der Waals surface area contributed by atoms with Crippen LogP contribution in [0.2, 0.25) is 0 Å². The summed E-state index contributed by atoms with van der Waals surface area (Å²) in [5.74, 6) is -1.59. The average Bonchev–Trinajstić information content (AvgIpc) is 2.73. The number of benzene rings is 2. The Bertz CT molecular complexity index is 823. The Hall–Kier alpha value is -2.88. The number of methoxy groups -OCH3 is 2. The zero-order valence-electron chi connectivity index (χ0n) is 15.8. The Morgan fingerprint density at radius 3 is 1.93 bits per heavy atom. The number of rotatable bonds is 4. The number of allylic oxidation sites excluding steroid dienone is 2. The van der Waals surface area contributed by atoms with Gasteiger partial charge in [0.1, 0.15) is 0 Å². The molecule has 0 fully saturated rings. The number of ether oxygens (including phenoxy) is 2. The standard InChI is InChI=1S/C23H24O4/c1-16-15-23(21(24)26-2,22(25)27-3)20(18-12-8-5-9-13-18)14-19(16)17-10-6-4-7-11-17/h4-14,16,20H,15H2,1-3H3/t16-,20-/m0/s1. The van der Waals surface area contributed by atoms with Gasteiger partial charge in [0.25, 0.3) is 0 Å². The van der Waals surface area contributed by atoms with E-state index in [1.807, 2.05) is 73.7 Å². The van der Waals surface area contributed by atoms with Crippen LogP contribution in [0.3, 0.4) is 0 Å². The van der Waals surface area contributed by atoms with Crippen LogP contribution >= 0.6 is 0 Å². The van der Waals surface area contributed by atoms with E-state index in [1.54, 1.807) is 0 Å². The normalized spacial score (nSPS) is 21.1. The fourth-order valence-corrected chi connectivity index (χ4v) is 4.13. The highest BCUT2D eigenvalue weighted by Crippen LogP contribution is 2.51. The number of esters is 2. The molecule has 1 aliphatic rings. The van der Waals surface area contributed by atoms with Crippen molar-refractivity contribution in [2.24, 2.45) is 11.3 Å². The van der Waals surface area contributed by atoms with E-state index < -0.39 is 23.3 Å². The molecule has 2 atom stereocenters. The average molecular weight is 364 g/mol. The van der Waals surface area contributed by atoms with Crippen LogP contribution in [0, 0.1) is 11.3 Å². The van der Waals surface area contributed by atoms with Crippen LogP contribution in [0.1, 0.15) is 30.4 Å². The lowest BCUT2D eigenvalue weighted by molar-refractivity contribution is -0.171. The van der Waals surface area contributed by atoms with Gasteiger partial charge < -0.3 is 9.47 Å². The minimum Gasteiger partial charge on any atom is -0.468 e. The van der Waals surface area contributed by atoms with Gasteiger partial charge in [-0.25, -0.2) is 0 Å². The number of hydrogen-bond acceptors (Lipinski definition) is 4. The second kappa shape index (κ2) is 7.78. The van der Waals surface area contributed by atoms with E-state index in [9.17, 15) is 9.59 Å². The first-order chi connectivity index (χ1) is 13.0. The molecule has 2 aromatic rings. The van der Waals surface area contributed by atoms with Crippen LogP contribution in [0.5, 0.6) is 0 Å². The first-order valence-electron chi connectivity index (χ1n) is 9.03. The van der Waals surface area contributed by atoms with Crippen LogP contribution in [0.4, 0.5) is 0 Å². The fraction of sp³-hybridized carbons (Fsp3) is 0.304. The first-order valence-corrected chi connectivity index (χ1v) is 9.03. The lowest BCUT2D eigenvalue weighted by Gasteiger charge is -2.41. The lowest BCUT2D eigenvalue weighted by Crippen LogP contribution is -2.48. The number of hydrogen-bond donors (Lipinski definition) is 0. The van der Waals surface area contributed by atoms with E-state index in [4.69, 9.17) is 9.47 Å². The Morgan fingerprint density at radius 2 is 1.41 bits per heavy atom. The van der Waals surface area contributed by atoms with Crippen molar-refractivity contribution in [3.8, 4) is 0 Å². The van der Waals surface area contributed by atoms with Crippen molar-refractivity contribution in [3.63, 3.8) is 0 Å². The summed E-state index contributed by atoms with van der Waals surface area (Å²) < 4.78 is 10.2. The van der Waals surface area contributed by atoms with Gasteiger partial charge in [-0.15, -0.1) is 0 Å². The largest absolute Gasteiger partial charge is 0.468 e. The van der Waals surface area contributed by atoms with Gasteiger partial charge in [-0.1, -0.05) is 73.7 Å². The van der Waals surface area contributed by atoms with Gasteiger partial charge in [0.15, 0.2) is 5.41 Å². The third kappa shape index (κ3) is 3.27. The topological polar surface area (TPSA) is 52.6 Å². The number of carbonyl (C=O) groups excluding carboxylic acids is 2. The second-order valence-corrected chi connectivity index (χ2v) is 6.94. The molecule has 0 aromatic heterocycles. The Kier molecular flexibility index (Phi) is 5.45. The highest BCUT2D eigenvalue weighted by molar-refractivity contribution is 6.02. The van der Waals surface area contributed by atoms with Crippen molar-refractivity contribution < 1.29 is 19.1 Å². The van der Waals surface area contributed by atoms with E-state index in [1.165, 1.54) is 14.2 Å². The monoisotopic (exact) mass is 364 g/mol. The highest BCUT2D eigenvalue weighted by Gasteiger charge is 2.57.